The quantitative estimate of drug-likeness (QED) is 0.0574. The molecule has 0 saturated carbocycles. The number of amides is 8. The molecule has 0 radical (unpaired) electrons. The molecule has 0 aromatic rings. The summed E-state index contributed by atoms with van der Waals surface area (Å²) in [5.41, 5.74) is 4.85. The molecule has 0 aromatic carbocycles. The van der Waals surface area contributed by atoms with Crippen molar-refractivity contribution in [1.29, 1.82) is 0 Å². The van der Waals surface area contributed by atoms with Crippen molar-refractivity contribution in [1.82, 2.24) is 31.5 Å². The Labute approximate surface area is 212 Å². The summed E-state index contributed by atoms with van der Waals surface area (Å²) >= 11 is 0. The highest BCUT2D eigenvalue weighted by Crippen LogP contribution is 2.07. The van der Waals surface area contributed by atoms with Crippen molar-refractivity contribution < 1.29 is 43.1 Å². The van der Waals surface area contributed by atoms with Crippen molar-refractivity contribution in [2.75, 3.05) is 46.1 Å². The van der Waals surface area contributed by atoms with Crippen LogP contribution in [0.3, 0.4) is 0 Å². The van der Waals surface area contributed by atoms with E-state index in [-0.39, 0.29) is 57.1 Å². The minimum absolute atomic E-state index is 0.154. The fourth-order valence-corrected chi connectivity index (χ4v) is 2.72. The number of hydrogen-bond acceptors (Lipinski definition) is 9. The van der Waals surface area contributed by atoms with Gasteiger partial charge >= 0.3 is 0 Å². The molecular weight excluding hydrogens is 494 g/mol. The van der Waals surface area contributed by atoms with Gasteiger partial charge in [0, 0.05) is 25.1 Å². The van der Waals surface area contributed by atoms with Crippen LogP contribution in [0, 0.1) is 0 Å². The average Bonchev–Trinajstić information content (AvgIpc) is 3.18. The van der Waals surface area contributed by atoms with Crippen LogP contribution in [0.4, 0.5) is 0 Å². The summed E-state index contributed by atoms with van der Waals surface area (Å²) in [7, 11) is 0. The van der Waals surface area contributed by atoms with Crippen molar-refractivity contribution in [3.8, 4) is 0 Å². The summed E-state index contributed by atoms with van der Waals surface area (Å²) in [4.78, 5) is 92.8. The van der Waals surface area contributed by atoms with E-state index in [1.807, 2.05) is 0 Å². The van der Waals surface area contributed by atoms with E-state index in [1.54, 1.807) is 0 Å². The maximum absolute atomic E-state index is 11.8. The second-order valence-electron chi connectivity index (χ2n) is 7.64. The van der Waals surface area contributed by atoms with Crippen LogP contribution >= 0.6 is 0 Å². The van der Waals surface area contributed by atoms with Crippen molar-refractivity contribution in [3.05, 3.63) is 12.2 Å². The molecule has 204 valence electrons. The molecule has 0 bridgehead atoms. The molecule has 8 amide bonds. The van der Waals surface area contributed by atoms with Crippen molar-refractivity contribution >= 4 is 47.3 Å². The van der Waals surface area contributed by atoms with Gasteiger partial charge in [0.1, 0.15) is 13.3 Å². The lowest BCUT2D eigenvalue weighted by atomic mass is 10.2. The number of primary amides is 1. The number of unbranched alkanes of at least 4 members (excludes halogenated alkanes) is 2. The van der Waals surface area contributed by atoms with Crippen molar-refractivity contribution in [2.45, 2.75) is 25.7 Å². The van der Waals surface area contributed by atoms with E-state index in [4.69, 9.17) is 10.5 Å². The van der Waals surface area contributed by atoms with Crippen LogP contribution in [0.25, 0.3) is 0 Å². The molecule has 16 nitrogen and oxygen atoms in total. The molecule has 0 atom stereocenters. The van der Waals surface area contributed by atoms with E-state index >= 15 is 0 Å². The van der Waals surface area contributed by atoms with Crippen molar-refractivity contribution in [3.63, 3.8) is 0 Å². The van der Waals surface area contributed by atoms with E-state index in [2.05, 4.69) is 26.6 Å². The van der Waals surface area contributed by atoms with E-state index in [0.29, 0.717) is 19.3 Å². The number of hydrogen-bond donors (Lipinski definition) is 6. The fraction of sp³-hybridized carbons (Fsp3) is 0.524. The van der Waals surface area contributed by atoms with E-state index in [1.165, 1.54) is 12.2 Å². The van der Waals surface area contributed by atoms with Crippen LogP contribution in [0.1, 0.15) is 25.7 Å². The Bertz CT molecular complexity index is 902. The molecule has 16 heteroatoms. The summed E-state index contributed by atoms with van der Waals surface area (Å²) in [5.74, 6) is -4.29. The van der Waals surface area contributed by atoms with Crippen LogP contribution < -0.4 is 32.3 Å². The number of nitrogens with two attached hydrogens (primary N) is 1. The van der Waals surface area contributed by atoms with Crippen LogP contribution in [0.2, 0.25) is 0 Å². The highest BCUT2D eigenvalue weighted by Gasteiger charge is 2.22. The lowest BCUT2D eigenvalue weighted by molar-refractivity contribution is -0.137. The van der Waals surface area contributed by atoms with Gasteiger partial charge in [0.15, 0.2) is 0 Å². The normalized spacial score (nSPS) is 12.2. The van der Waals surface area contributed by atoms with Gasteiger partial charge < -0.3 is 37.1 Å². The predicted molar refractivity (Wildman–Crippen MR) is 125 cm³/mol. The summed E-state index contributed by atoms with van der Waals surface area (Å²) in [6.07, 6.45) is 4.25. The van der Waals surface area contributed by atoms with Gasteiger partial charge in [-0.15, -0.1) is 0 Å². The topological polar surface area (TPSA) is 235 Å². The molecule has 37 heavy (non-hydrogen) atoms. The number of ether oxygens (including phenoxy) is 1. The van der Waals surface area contributed by atoms with Gasteiger partial charge in [0.25, 0.3) is 11.8 Å². The number of carbonyl (C=O) groups is 8. The summed E-state index contributed by atoms with van der Waals surface area (Å²) in [6, 6.07) is 0. The van der Waals surface area contributed by atoms with Crippen LogP contribution in [-0.4, -0.2) is 98.2 Å². The highest BCUT2D eigenvalue weighted by atomic mass is 16.5. The molecule has 1 rings (SSSR count). The molecule has 1 aliphatic heterocycles. The third kappa shape index (κ3) is 14.6. The Balaban J connectivity index is 2.03. The first-order valence-electron chi connectivity index (χ1n) is 11.3. The highest BCUT2D eigenvalue weighted by molar-refractivity contribution is 6.12. The lowest BCUT2D eigenvalue weighted by Crippen LogP contribution is -2.45. The Hall–Kier alpha value is -4.34. The summed E-state index contributed by atoms with van der Waals surface area (Å²) in [5, 5.41) is 11.4. The van der Waals surface area contributed by atoms with Gasteiger partial charge in [-0.3, -0.25) is 43.3 Å². The SMILES string of the molecule is NC(=O)COCNC(=O)CNC(=O)CNC(=O)CNC(=O)CNC(=O)CCCCCN1C(=O)C=CC1=O. The maximum atomic E-state index is 11.8. The second kappa shape index (κ2) is 17.1. The van der Waals surface area contributed by atoms with E-state index < -0.39 is 42.6 Å². The molecule has 0 aromatic heterocycles. The lowest BCUT2D eigenvalue weighted by Gasteiger charge is -2.13. The number of nitrogens with zero attached hydrogens (tertiary/aromatic N) is 1. The number of imide groups is 1. The molecule has 1 aliphatic rings. The standard InChI is InChI=1S/C21H31N7O9/c22-14(29)12-37-13-27-19(34)11-26-18(33)10-25-17(32)9-24-16(31)8-23-15(30)4-2-1-3-7-28-20(35)5-6-21(28)36/h5-6H,1-4,7-13H2,(H2,22,29)(H,23,30)(H,24,31)(H,25,32)(H,26,33)(H,27,34). The first-order chi connectivity index (χ1) is 17.6. The molecule has 0 spiro atoms. The largest absolute Gasteiger partial charge is 0.368 e. The average molecular weight is 526 g/mol. The molecule has 0 aliphatic carbocycles. The zero-order chi connectivity index (χ0) is 27.6. The Morgan fingerprint density at radius 2 is 1.14 bits per heavy atom. The van der Waals surface area contributed by atoms with Gasteiger partial charge in [0.05, 0.1) is 26.2 Å². The molecule has 1 heterocycles. The van der Waals surface area contributed by atoms with Gasteiger partial charge in [0.2, 0.25) is 35.4 Å². The number of rotatable bonds is 18. The summed E-state index contributed by atoms with van der Waals surface area (Å²) in [6.45, 7) is -1.95. The molecule has 0 unspecified atom stereocenters. The smallest absolute Gasteiger partial charge is 0.253 e. The summed E-state index contributed by atoms with van der Waals surface area (Å²) < 4.78 is 4.72. The minimum Gasteiger partial charge on any atom is -0.368 e. The molecule has 0 saturated heterocycles. The zero-order valence-corrected chi connectivity index (χ0v) is 20.1. The third-order valence-corrected chi connectivity index (χ3v) is 4.59. The van der Waals surface area contributed by atoms with E-state index in [0.717, 1.165) is 4.90 Å². The van der Waals surface area contributed by atoms with Crippen LogP contribution in [0.15, 0.2) is 12.2 Å². The Morgan fingerprint density at radius 1 is 0.676 bits per heavy atom. The van der Waals surface area contributed by atoms with Gasteiger partial charge in [-0.1, -0.05) is 6.42 Å². The number of carbonyl (C=O) groups excluding carboxylic acids is 8. The molecule has 0 fully saturated rings. The minimum atomic E-state index is -0.700. The van der Waals surface area contributed by atoms with Gasteiger partial charge in [-0.2, -0.15) is 0 Å². The maximum Gasteiger partial charge on any atom is 0.253 e. The number of nitrogens with one attached hydrogen (secondary N) is 5. The van der Waals surface area contributed by atoms with Gasteiger partial charge in [-0.25, -0.2) is 0 Å². The first kappa shape index (κ1) is 30.7. The van der Waals surface area contributed by atoms with Crippen LogP contribution in [-0.2, 0) is 43.1 Å². The monoisotopic (exact) mass is 525 g/mol. The fourth-order valence-electron chi connectivity index (χ4n) is 2.72. The zero-order valence-electron chi connectivity index (χ0n) is 20.1. The molecular formula is C21H31N7O9. The Morgan fingerprint density at radius 3 is 1.62 bits per heavy atom. The third-order valence-electron chi connectivity index (χ3n) is 4.59. The van der Waals surface area contributed by atoms with Gasteiger partial charge in [-0.05, 0) is 12.8 Å². The Kier molecular flexibility index (Phi) is 14.2. The predicted octanol–water partition coefficient (Wildman–Crippen LogP) is -4.49. The van der Waals surface area contributed by atoms with Crippen LogP contribution in [0.5, 0.6) is 0 Å². The second-order valence-corrected chi connectivity index (χ2v) is 7.64. The molecule has 7 N–H and O–H groups in total. The van der Waals surface area contributed by atoms with E-state index in [9.17, 15) is 38.4 Å². The first-order valence-corrected chi connectivity index (χ1v) is 11.3. The van der Waals surface area contributed by atoms with Crippen molar-refractivity contribution in [2.24, 2.45) is 5.73 Å².